The molecule has 2 aromatic carbocycles. The maximum absolute atomic E-state index is 12.5. The molecule has 3 heteroatoms. The molecule has 0 aliphatic heterocycles. The number of carbonyl (C=O) groups excluding carboxylic acids is 2. The molecule has 1 aliphatic carbocycles. The van der Waals surface area contributed by atoms with Crippen LogP contribution < -0.4 is 5.32 Å². The van der Waals surface area contributed by atoms with E-state index in [1.54, 1.807) is 0 Å². The van der Waals surface area contributed by atoms with Gasteiger partial charge in [0, 0.05) is 17.9 Å². The summed E-state index contributed by atoms with van der Waals surface area (Å²) in [5.74, 6) is -0.248. The zero-order chi connectivity index (χ0) is 15.5. The first-order valence-electron chi connectivity index (χ1n) is 7.61. The predicted octanol–water partition coefficient (Wildman–Crippen LogP) is 3.31. The van der Waals surface area contributed by atoms with Gasteiger partial charge in [-0.25, -0.2) is 0 Å². The largest absolute Gasteiger partial charge is 0.349 e. The van der Waals surface area contributed by atoms with Gasteiger partial charge in [0.05, 0.1) is 6.04 Å². The molecule has 3 nitrogen and oxygen atoms in total. The molecule has 2 aromatic rings. The topological polar surface area (TPSA) is 46.2 Å². The van der Waals surface area contributed by atoms with Crippen LogP contribution in [-0.2, 0) is 11.2 Å². The molecule has 0 aromatic heterocycles. The molecule has 0 fully saturated rings. The van der Waals surface area contributed by atoms with E-state index in [1.807, 2.05) is 61.5 Å². The number of fused-ring (bicyclic) bond motifs is 1. The molecule has 1 amide bonds. The Kier molecular flexibility index (Phi) is 4.05. The summed E-state index contributed by atoms with van der Waals surface area (Å²) in [4.78, 5) is 24.7. The second-order valence-corrected chi connectivity index (χ2v) is 5.83. The molecule has 22 heavy (non-hydrogen) atoms. The van der Waals surface area contributed by atoms with Crippen LogP contribution in [0.4, 0.5) is 0 Å². The van der Waals surface area contributed by atoms with E-state index in [1.165, 1.54) is 0 Å². The van der Waals surface area contributed by atoms with E-state index >= 15 is 0 Å². The van der Waals surface area contributed by atoms with Crippen molar-refractivity contribution in [1.29, 1.82) is 0 Å². The first kappa shape index (κ1) is 14.5. The van der Waals surface area contributed by atoms with E-state index in [2.05, 4.69) is 5.32 Å². The maximum Gasteiger partial charge on any atom is 0.224 e. The summed E-state index contributed by atoms with van der Waals surface area (Å²) >= 11 is 0. The van der Waals surface area contributed by atoms with Gasteiger partial charge in [0.25, 0.3) is 0 Å². The van der Waals surface area contributed by atoms with Crippen molar-refractivity contribution in [2.45, 2.75) is 25.8 Å². The molecule has 0 bridgehead atoms. The van der Waals surface area contributed by atoms with Crippen molar-refractivity contribution in [2.24, 2.45) is 5.92 Å². The Bertz CT molecular complexity index is 694. The molecule has 0 saturated carbocycles. The summed E-state index contributed by atoms with van der Waals surface area (Å²) in [6, 6.07) is 17.4. The predicted molar refractivity (Wildman–Crippen MR) is 85.6 cm³/mol. The van der Waals surface area contributed by atoms with Gasteiger partial charge in [-0.3, -0.25) is 9.59 Å². The number of ketones is 1. The number of nitrogens with one attached hydrogen (secondary N) is 1. The van der Waals surface area contributed by atoms with Crippen molar-refractivity contribution >= 4 is 11.7 Å². The lowest BCUT2D eigenvalue weighted by Gasteiger charge is -2.24. The van der Waals surface area contributed by atoms with Crippen molar-refractivity contribution in [1.82, 2.24) is 5.32 Å². The van der Waals surface area contributed by atoms with E-state index in [0.29, 0.717) is 12.8 Å². The zero-order valence-electron chi connectivity index (χ0n) is 12.6. The lowest BCUT2D eigenvalue weighted by atomic mass is 9.82. The van der Waals surface area contributed by atoms with Crippen LogP contribution in [0.15, 0.2) is 54.6 Å². The number of hydrogen-bond donors (Lipinski definition) is 1. The van der Waals surface area contributed by atoms with Crippen molar-refractivity contribution in [3.05, 3.63) is 71.3 Å². The average molecular weight is 293 g/mol. The van der Waals surface area contributed by atoms with E-state index in [9.17, 15) is 9.59 Å². The molecule has 0 saturated heterocycles. The number of amides is 1. The van der Waals surface area contributed by atoms with E-state index < -0.39 is 0 Å². The lowest BCUT2D eigenvalue weighted by molar-refractivity contribution is -0.125. The SMILES string of the molecule is CC(NC(=O)C1CC(=O)c2ccccc2C1)c1ccccc1. The highest BCUT2D eigenvalue weighted by atomic mass is 16.2. The smallest absolute Gasteiger partial charge is 0.224 e. The highest BCUT2D eigenvalue weighted by molar-refractivity contribution is 6.01. The van der Waals surface area contributed by atoms with E-state index in [4.69, 9.17) is 0 Å². The minimum atomic E-state index is -0.270. The first-order valence-corrected chi connectivity index (χ1v) is 7.61. The Labute approximate surface area is 130 Å². The summed E-state index contributed by atoms with van der Waals surface area (Å²) in [7, 11) is 0. The zero-order valence-corrected chi connectivity index (χ0v) is 12.6. The van der Waals surface area contributed by atoms with Crippen LogP contribution in [0.3, 0.4) is 0 Å². The third kappa shape index (κ3) is 2.93. The van der Waals surface area contributed by atoms with Crippen molar-refractivity contribution in [2.75, 3.05) is 0 Å². The van der Waals surface area contributed by atoms with Crippen molar-refractivity contribution < 1.29 is 9.59 Å². The van der Waals surface area contributed by atoms with Gasteiger partial charge in [-0.1, -0.05) is 54.6 Å². The van der Waals surface area contributed by atoms with Gasteiger partial charge in [0.15, 0.2) is 5.78 Å². The number of benzene rings is 2. The Hall–Kier alpha value is -2.42. The van der Waals surface area contributed by atoms with Crippen LogP contribution in [0, 0.1) is 5.92 Å². The fourth-order valence-electron chi connectivity index (χ4n) is 2.98. The molecule has 3 rings (SSSR count). The summed E-state index contributed by atoms with van der Waals surface area (Å²) < 4.78 is 0. The molecule has 0 spiro atoms. The van der Waals surface area contributed by atoms with Gasteiger partial charge in [-0.2, -0.15) is 0 Å². The van der Waals surface area contributed by atoms with Crippen molar-refractivity contribution in [3.63, 3.8) is 0 Å². The molecule has 2 unspecified atom stereocenters. The van der Waals surface area contributed by atoms with E-state index in [0.717, 1.165) is 16.7 Å². The number of Topliss-reactive ketones (excluding diaryl/α,β-unsaturated/α-hetero) is 1. The number of hydrogen-bond acceptors (Lipinski definition) is 2. The molecule has 1 N–H and O–H groups in total. The molecular formula is C19H19NO2. The Morgan fingerprint density at radius 1 is 1.05 bits per heavy atom. The molecule has 0 radical (unpaired) electrons. The van der Waals surface area contributed by atoms with Gasteiger partial charge < -0.3 is 5.32 Å². The molecule has 0 heterocycles. The first-order chi connectivity index (χ1) is 10.6. The minimum absolute atomic E-state index is 0.0424. The number of carbonyl (C=O) groups is 2. The van der Waals surface area contributed by atoms with Crippen LogP contribution in [0.1, 0.15) is 40.9 Å². The van der Waals surface area contributed by atoms with Crippen LogP contribution in [-0.4, -0.2) is 11.7 Å². The molecule has 2 atom stereocenters. The quantitative estimate of drug-likeness (QED) is 0.943. The Morgan fingerprint density at radius 2 is 1.73 bits per heavy atom. The van der Waals surface area contributed by atoms with Crippen LogP contribution in [0.5, 0.6) is 0 Å². The fourth-order valence-corrected chi connectivity index (χ4v) is 2.98. The Morgan fingerprint density at radius 3 is 2.50 bits per heavy atom. The van der Waals surface area contributed by atoms with Gasteiger partial charge >= 0.3 is 0 Å². The average Bonchev–Trinajstić information content (AvgIpc) is 2.55. The minimum Gasteiger partial charge on any atom is -0.349 e. The van der Waals surface area contributed by atoms with Crippen LogP contribution >= 0.6 is 0 Å². The summed E-state index contributed by atoms with van der Waals surface area (Å²) in [5, 5.41) is 3.03. The molecule has 112 valence electrons. The summed E-state index contributed by atoms with van der Waals surface area (Å²) in [6.45, 7) is 1.96. The normalized spacial score (nSPS) is 18.4. The summed E-state index contributed by atoms with van der Waals surface area (Å²) in [6.07, 6.45) is 0.930. The highest BCUT2D eigenvalue weighted by Crippen LogP contribution is 2.26. The van der Waals surface area contributed by atoms with Gasteiger partial charge in [0.2, 0.25) is 5.91 Å². The third-order valence-corrected chi connectivity index (χ3v) is 4.25. The third-order valence-electron chi connectivity index (χ3n) is 4.25. The van der Waals surface area contributed by atoms with Gasteiger partial charge in [-0.05, 0) is 24.5 Å². The molecular weight excluding hydrogens is 274 g/mol. The maximum atomic E-state index is 12.5. The lowest BCUT2D eigenvalue weighted by Crippen LogP contribution is -2.37. The molecule has 1 aliphatic rings. The highest BCUT2D eigenvalue weighted by Gasteiger charge is 2.30. The Balaban J connectivity index is 1.70. The second kappa shape index (κ2) is 6.14. The van der Waals surface area contributed by atoms with E-state index in [-0.39, 0.29) is 23.7 Å². The fraction of sp³-hybridized carbons (Fsp3) is 0.263. The van der Waals surface area contributed by atoms with Crippen LogP contribution in [0.25, 0.3) is 0 Å². The van der Waals surface area contributed by atoms with Crippen LogP contribution in [0.2, 0.25) is 0 Å². The van der Waals surface area contributed by atoms with Gasteiger partial charge in [0.1, 0.15) is 0 Å². The monoisotopic (exact) mass is 293 g/mol. The van der Waals surface area contributed by atoms with Gasteiger partial charge in [-0.15, -0.1) is 0 Å². The number of rotatable bonds is 3. The second-order valence-electron chi connectivity index (χ2n) is 5.83. The standard InChI is InChI=1S/C19H19NO2/c1-13(14-7-3-2-4-8-14)20-19(22)16-11-15-9-5-6-10-17(15)18(21)12-16/h2-10,13,16H,11-12H2,1H3,(H,20,22). The summed E-state index contributed by atoms with van der Waals surface area (Å²) in [5.41, 5.74) is 2.81. The van der Waals surface area contributed by atoms with Crippen molar-refractivity contribution in [3.8, 4) is 0 Å².